The third-order valence-electron chi connectivity index (χ3n) is 7.43. The largest absolute Gasteiger partial charge is 0.486 e. The van der Waals surface area contributed by atoms with E-state index in [9.17, 15) is 9.59 Å². The second-order valence-electron chi connectivity index (χ2n) is 10.5. The van der Waals surface area contributed by atoms with E-state index in [2.05, 4.69) is 29.3 Å². The highest BCUT2D eigenvalue weighted by Gasteiger charge is 2.33. The number of allylic oxidation sites excluding steroid dienone is 1. The average Bonchev–Trinajstić information content (AvgIpc) is 3.30. The highest BCUT2D eigenvalue weighted by atomic mass is 35.5. The van der Waals surface area contributed by atoms with E-state index in [1.54, 1.807) is 36.6 Å². The summed E-state index contributed by atoms with van der Waals surface area (Å²) in [5.74, 6) is -0.124. The van der Waals surface area contributed by atoms with Crippen LogP contribution in [0.25, 0.3) is 16.8 Å². The molecule has 1 aromatic heterocycles. The van der Waals surface area contributed by atoms with Crippen molar-refractivity contribution in [2.45, 2.75) is 33.4 Å². The van der Waals surface area contributed by atoms with Crippen molar-refractivity contribution in [2.75, 3.05) is 6.61 Å². The predicted octanol–water partition coefficient (Wildman–Crippen LogP) is 7.15. The van der Waals surface area contributed by atoms with Gasteiger partial charge in [0.15, 0.2) is 10.6 Å². The number of carbonyl (C=O) groups is 1. The fourth-order valence-electron chi connectivity index (χ4n) is 5.29. The van der Waals surface area contributed by atoms with Crippen LogP contribution in [0.1, 0.15) is 42.1 Å². The normalized spacial score (nSPS) is 14.8. The molecular formula is C35H28Cl2N2O4S. The first kappa shape index (κ1) is 29.9. The van der Waals surface area contributed by atoms with E-state index in [-0.39, 0.29) is 12.2 Å². The molecule has 0 amide bonds. The minimum Gasteiger partial charge on any atom is -0.486 e. The summed E-state index contributed by atoms with van der Waals surface area (Å²) >= 11 is 14.5. The van der Waals surface area contributed by atoms with Gasteiger partial charge in [0.2, 0.25) is 0 Å². The summed E-state index contributed by atoms with van der Waals surface area (Å²) < 4.78 is 13.4. The Hall–Kier alpha value is -4.17. The van der Waals surface area contributed by atoms with E-state index >= 15 is 0 Å². The third kappa shape index (κ3) is 5.83. The van der Waals surface area contributed by atoms with Crippen molar-refractivity contribution in [3.8, 4) is 5.75 Å². The van der Waals surface area contributed by atoms with Crippen molar-refractivity contribution >= 4 is 57.4 Å². The molecule has 5 aromatic rings. The molecule has 0 fully saturated rings. The van der Waals surface area contributed by atoms with Gasteiger partial charge in [-0.1, -0.05) is 101 Å². The molecule has 1 aliphatic heterocycles. The molecule has 0 aliphatic carbocycles. The number of nitrogens with zero attached hydrogens (tertiary/aromatic N) is 2. The lowest BCUT2D eigenvalue weighted by Gasteiger charge is -2.24. The van der Waals surface area contributed by atoms with Crippen LogP contribution in [-0.4, -0.2) is 17.1 Å². The number of hydrogen-bond acceptors (Lipinski definition) is 6. The van der Waals surface area contributed by atoms with Crippen molar-refractivity contribution < 1.29 is 14.3 Å². The van der Waals surface area contributed by atoms with Gasteiger partial charge in [0.05, 0.1) is 38.5 Å². The Labute approximate surface area is 268 Å². The molecule has 9 heteroatoms. The zero-order chi connectivity index (χ0) is 31.0. The van der Waals surface area contributed by atoms with Gasteiger partial charge in [0.25, 0.3) is 5.56 Å². The molecule has 44 heavy (non-hydrogen) atoms. The van der Waals surface area contributed by atoms with Crippen molar-refractivity contribution in [1.82, 2.24) is 4.57 Å². The average molecular weight is 644 g/mol. The number of esters is 1. The zero-order valence-electron chi connectivity index (χ0n) is 24.3. The highest BCUT2D eigenvalue weighted by Crippen LogP contribution is 2.35. The Kier molecular flexibility index (Phi) is 8.45. The maximum Gasteiger partial charge on any atom is 0.338 e. The number of thiazole rings is 1. The van der Waals surface area contributed by atoms with E-state index in [0.29, 0.717) is 48.6 Å². The third-order valence-corrected chi connectivity index (χ3v) is 8.97. The molecule has 0 spiro atoms. The number of carbonyl (C=O) groups excluding carboxylic acids is 1. The van der Waals surface area contributed by atoms with Crippen LogP contribution in [0.4, 0.5) is 0 Å². The number of fused-ring (bicyclic) bond motifs is 2. The molecule has 4 aromatic carbocycles. The van der Waals surface area contributed by atoms with Gasteiger partial charge in [-0.3, -0.25) is 9.36 Å². The van der Waals surface area contributed by atoms with Gasteiger partial charge in [-0.15, -0.1) is 0 Å². The number of benzene rings is 4. The standard InChI is InChI=1S/C35H28Cl2N2O4S/c1-4-42-34(41)30-21(3)38-35-39(31(30)25-12-9-20(2)10-13-25)33(40)29(44-35)18-23-16-27(36)32(28(37)17-23)43-19-22-11-14-24-7-5-6-8-26(24)15-22/h5-18,31H,4,19H2,1-3H3/b29-18+/t31-/m0/s1. The number of halogens is 2. The van der Waals surface area contributed by atoms with E-state index in [1.807, 2.05) is 49.4 Å². The Morgan fingerprint density at radius 1 is 0.977 bits per heavy atom. The molecular weight excluding hydrogens is 615 g/mol. The molecule has 1 atom stereocenters. The van der Waals surface area contributed by atoms with Crippen LogP contribution in [0.3, 0.4) is 0 Å². The fraction of sp³-hybridized carbons (Fsp3) is 0.171. The molecule has 0 radical (unpaired) electrons. The van der Waals surface area contributed by atoms with Gasteiger partial charge in [0.1, 0.15) is 6.61 Å². The second kappa shape index (κ2) is 12.4. The Morgan fingerprint density at radius 3 is 2.39 bits per heavy atom. The molecule has 6 nitrogen and oxygen atoms in total. The summed E-state index contributed by atoms with van der Waals surface area (Å²) in [5, 5.41) is 2.93. The summed E-state index contributed by atoms with van der Waals surface area (Å²) in [6, 6.07) is 24.8. The molecule has 6 rings (SSSR count). The van der Waals surface area contributed by atoms with Gasteiger partial charge in [0, 0.05) is 0 Å². The van der Waals surface area contributed by atoms with E-state index in [4.69, 9.17) is 32.7 Å². The monoisotopic (exact) mass is 642 g/mol. The predicted molar refractivity (Wildman–Crippen MR) is 176 cm³/mol. The van der Waals surface area contributed by atoms with Crippen molar-refractivity contribution in [3.63, 3.8) is 0 Å². The first-order chi connectivity index (χ1) is 21.2. The van der Waals surface area contributed by atoms with Crippen LogP contribution in [0.15, 0.2) is 99.9 Å². The number of aryl methyl sites for hydroxylation is 1. The van der Waals surface area contributed by atoms with E-state index in [1.165, 1.54) is 11.3 Å². The Morgan fingerprint density at radius 2 is 1.68 bits per heavy atom. The smallest absolute Gasteiger partial charge is 0.338 e. The molecule has 0 N–H and O–H groups in total. The Balaban J connectivity index is 1.35. The molecule has 0 saturated carbocycles. The lowest BCUT2D eigenvalue weighted by molar-refractivity contribution is -0.139. The maximum atomic E-state index is 13.9. The minimum atomic E-state index is -0.675. The van der Waals surface area contributed by atoms with Crippen LogP contribution in [0.5, 0.6) is 5.75 Å². The summed E-state index contributed by atoms with van der Waals surface area (Å²) in [5.41, 5.74) is 4.06. The fourth-order valence-corrected chi connectivity index (χ4v) is 6.95. The van der Waals surface area contributed by atoms with Crippen LogP contribution < -0.4 is 19.6 Å². The molecule has 1 aliphatic rings. The maximum absolute atomic E-state index is 13.9. The quantitative estimate of drug-likeness (QED) is 0.177. The number of ether oxygens (including phenoxy) is 2. The van der Waals surface area contributed by atoms with Gasteiger partial charge < -0.3 is 9.47 Å². The molecule has 0 bridgehead atoms. The number of rotatable bonds is 7. The summed E-state index contributed by atoms with van der Waals surface area (Å²) in [6.07, 6.45) is 1.73. The van der Waals surface area contributed by atoms with Crippen LogP contribution in [0, 0.1) is 6.92 Å². The first-order valence-corrected chi connectivity index (χ1v) is 15.7. The van der Waals surface area contributed by atoms with Gasteiger partial charge in [-0.2, -0.15) is 0 Å². The summed E-state index contributed by atoms with van der Waals surface area (Å²) in [6.45, 7) is 6.01. The molecule has 222 valence electrons. The highest BCUT2D eigenvalue weighted by molar-refractivity contribution is 7.07. The van der Waals surface area contributed by atoms with Crippen LogP contribution in [-0.2, 0) is 16.1 Å². The first-order valence-electron chi connectivity index (χ1n) is 14.1. The topological polar surface area (TPSA) is 69.9 Å². The minimum absolute atomic E-state index is 0.212. The van der Waals surface area contributed by atoms with E-state index < -0.39 is 12.0 Å². The zero-order valence-corrected chi connectivity index (χ0v) is 26.6. The van der Waals surface area contributed by atoms with Crippen LogP contribution in [0.2, 0.25) is 10.0 Å². The van der Waals surface area contributed by atoms with Crippen molar-refractivity contribution in [3.05, 3.63) is 142 Å². The summed E-state index contributed by atoms with van der Waals surface area (Å²) in [4.78, 5) is 32.1. The van der Waals surface area contributed by atoms with Gasteiger partial charge >= 0.3 is 5.97 Å². The van der Waals surface area contributed by atoms with E-state index in [0.717, 1.165) is 27.5 Å². The summed E-state index contributed by atoms with van der Waals surface area (Å²) in [7, 11) is 0. The van der Waals surface area contributed by atoms with Crippen LogP contribution >= 0.6 is 34.5 Å². The lowest BCUT2D eigenvalue weighted by Crippen LogP contribution is -2.39. The molecule has 0 unspecified atom stereocenters. The van der Waals surface area contributed by atoms with Gasteiger partial charge in [-0.05, 0) is 72.5 Å². The number of hydrogen-bond donors (Lipinski definition) is 0. The number of aromatic nitrogens is 1. The SMILES string of the molecule is CCOC(=O)C1=C(C)N=c2s/c(=C/c3cc(Cl)c(OCc4ccc5ccccc5c4)c(Cl)c3)c(=O)n2[C@H]1c1ccc(C)cc1. The van der Waals surface area contributed by atoms with Gasteiger partial charge in [-0.25, -0.2) is 9.79 Å². The van der Waals surface area contributed by atoms with Crippen molar-refractivity contribution in [2.24, 2.45) is 4.99 Å². The lowest BCUT2D eigenvalue weighted by atomic mass is 9.95. The molecule has 0 saturated heterocycles. The molecule has 2 heterocycles. The van der Waals surface area contributed by atoms with Crippen molar-refractivity contribution in [1.29, 1.82) is 0 Å². The second-order valence-corrected chi connectivity index (χ2v) is 12.3. The Bertz CT molecular complexity index is 2110.